The molecule has 38 heavy (non-hydrogen) atoms. The van der Waals surface area contributed by atoms with E-state index in [0.717, 1.165) is 5.56 Å². The molecule has 3 aromatic rings. The van der Waals surface area contributed by atoms with Crippen molar-refractivity contribution in [3.05, 3.63) is 63.8 Å². The minimum absolute atomic E-state index is 0.0734. The summed E-state index contributed by atoms with van der Waals surface area (Å²) in [7, 11) is 1.58. The summed E-state index contributed by atoms with van der Waals surface area (Å²) in [6, 6.07) is 12.9. The Bertz CT molecular complexity index is 1510. The third-order valence-electron chi connectivity index (χ3n) is 7.56. The summed E-state index contributed by atoms with van der Waals surface area (Å²) >= 11 is 12.4. The van der Waals surface area contributed by atoms with Crippen molar-refractivity contribution >= 4 is 57.5 Å². The Morgan fingerprint density at radius 3 is 2.68 bits per heavy atom. The molecule has 1 fully saturated rings. The Labute approximate surface area is 230 Å². The zero-order chi connectivity index (χ0) is 27.4. The van der Waals surface area contributed by atoms with Crippen molar-refractivity contribution in [2.24, 2.45) is 5.92 Å². The number of carbonyl (C=O) groups excluding carboxylic acids is 3. The Kier molecular flexibility index (Phi) is 6.62. The topological polar surface area (TPSA) is 109 Å². The maximum Gasteiger partial charge on any atom is 0.270 e. The van der Waals surface area contributed by atoms with Crippen molar-refractivity contribution in [2.75, 3.05) is 18.9 Å². The molecule has 0 saturated carbocycles. The number of anilines is 1. The van der Waals surface area contributed by atoms with Crippen LogP contribution in [-0.4, -0.2) is 58.2 Å². The highest BCUT2D eigenvalue weighted by molar-refractivity contribution is 6.38. The van der Waals surface area contributed by atoms with Crippen LogP contribution in [0.1, 0.15) is 42.7 Å². The van der Waals surface area contributed by atoms with Gasteiger partial charge in [0.2, 0.25) is 11.8 Å². The van der Waals surface area contributed by atoms with Gasteiger partial charge in [0.1, 0.15) is 17.8 Å². The van der Waals surface area contributed by atoms with E-state index in [0.29, 0.717) is 33.1 Å². The first-order valence-electron chi connectivity index (χ1n) is 12.4. The van der Waals surface area contributed by atoms with Crippen molar-refractivity contribution in [1.29, 1.82) is 5.26 Å². The highest BCUT2D eigenvalue weighted by Crippen LogP contribution is 2.46. The molecule has 0 unspecified atom stereocenters. The van der Waals surface area contributed by atoms with Gasteiger partial charge in [-0.1, -0.05) is 55.2 Å². The van der Waals surface area contributed by atoms with E-state index in [-0.39, 0.29) is 36.4 Å². The number of H-pyrrole nitrogens is 1. The number of carbonyl (C=O) groups is 3. The maximum absolute atomic E-state index is 14.1. The number of benzene rings is 2. The normalized spacial score (nSPS) is 21.0. The van der Waals surface area contributed by atoms with E-state index in [9.17, 15) is 19.6 Å². The van der Waals surface area contributed by atoms with Crippen molar-refractivity contribution in [3.8, 4) is 6.07 Å². The number of amides is 3. The van der Waals surface area contributed by atoms with Crippen LogP contribution in [0, 0.1) is 17.2 Å². The molecular weight excluding hydrogens is 525 g/mol. The van der Waals surface area contributed by atoms with E-state index < -0.39 is 23.4 Å². The average molecular weight is 552 g/mol. The number of para-hydroxylation sites is 1. The van der Waals surface area contributed by atoms with Crippen LogP contribution < -0.4 is 5.32 Å². The van der Waals surface area contributed by atoms with Gasteiger partial charge in [-0.15, -0.1) is 0 Å². The summed E-state index contributed by atoms with van der Waals surface area (Å²) < 4.78 is 0. The zero-order valence-electron chi connectivity index (χ0n) is 21.2. The SMILES string of the molecule is CC(C)C[C@@H](C(=O)N1C[C@]2(C[C@H]1C#N)C(=O)Nc1ccccc12)N(C)C(=O)c1cc2cc(Cl)cc(Cl)c2[nH]1. The lowest BCUT2D eigenvalue weighted by Gasteiger charge is -2.33. The molecule has 8 nitrogen and oxygen atoms in total. The van der Waals surface area contributed by atoms with E-state index in [2.05, 4.69) is 16.4 Å². The monoisotopic (exact) mass is 551 g/mol. The summed E-state index contributed by atoms with van der Waals surface area (Å²) in [6.07, 6.45) is 0.587. The average Bonchev–Trinajstić information content (AvgIpc) is 3.56. The van der Waals surface area contributed by atoms with Crippen molar-refractivity contribution in [2.45, 2.75) is 44.2 Å². The first-order chi connectivity index (χ1) is 18.1. The molecule has 1 spiro atoms. The van der Waals surface area contributed by atoms with E-state index in [1.165, 1.54) is 9.80 Å². The summed E-state index contributed by atoms with van der Waals surface area (Å²) in [6.45, 7) is 4.01. The minimum Gasteiger partial charge on any atom is -0.349 e. The maximum atomic E-state index is 14.1. The van der Waals surface area contributed by atoms with Crippen molar-refractivity contribution in [3.63, 3.8) is 0 Å². The van der Waals surface area contributed by atoms with Gasteiger partial charge in [0, 0.05) is 36.1 Å². The van der Waals surface area contributed by atoms with Gasteiger partial charge >= 0.3 is 0 Å². The summed E-state index contributed by atoms with van der Waals surface area (Å²) in [4.78, 5) is 46.7. The van der Waals surface area contributed by atoms with Crippen molar-refractivity contribution < 1.29 is 14.4 Å². The van der Waals surface area contributed by atoms with Crippen molar-refractivity contribution in [1.82, 2.24) is 14.8 Å². The molecule has 3 amide bonds. The number of nitrogens with zero attached hydrogens (tertiary/aromatic N) is 3. The van der Waals surface area contributed by atoms with E-state index in [4.69, 9.17) is 23.2 Å². The molecule has 3 atom stereocenters. The predicted octanol–water partition coefficient (Wildman–Crippen LogP) is 4.98. The first kappa shape index (κ1) is 26.1. The number of aromatic amines is 1. The van der Waals surface area contributed by atoms with Crippen LogP contribution in [-0.2, 0) is 15.0 Å². The second kappa shape index (κ2) is 9.64. The number of likely N-dealkylation sites (N-methyl/N-ethyl adjacent to an activating group) is 1. The van der Waals surface area contributed by atoms with Crippen LogP contribution in [0.5, 0.6) is 0 Å². The number of nitriles is 1. The molecule has 1 aromatic heterocycles. The minimum atomic E-state index is -0.995. The number of aromatic nitrogens is 1. The van der Waals surface area contributed by atoms with E-state index in [1.54, 1.807) is 25.2 Å². The smallest absolute Gasteiger partial charge is 0.270 e. The second-order valence-electron chi connectivity index (χ2n) is 10.5. The molecule has 0 radical (unpaired) electrons. The number of hydrogen-bond acceptors (Lipinski definition) is 4. The fraction of sp³-hybridized carbons (Fsp3) is 0.357. The summed E-state index contributed by atoms with van der Waals surface area (Å²) in [5.74, 6) is -0.874. The van der Waals surface area contributed by atoms with E-state index in [1.807, 2.05) is 38.1 Å². The standard InChI is InChI=1S/C28H27Cl2N5O3/c1-15(2)8-23(34(3)25(36)22-10-16-9-17(29)11-20(30)24(16)32-22)26(37)35-14-28(12-18(35)13-31)19-6-4-5-7-21(19)33-27(28)38/h4-7,9-11,15,18,23,32H,8,12,14H2,1-3H3,(H,33,38)/t18-,23-,28-/m0/s1. The molecule has 1 saturated heterocycles. The van der Waals surface area contributed by atoms with Gasteiger partial charge in [0.25, 0.3) is 5.91 Å². The number of halogens is 2. The molecule has 0 bridgehead atoms. The van der Waals surface area contributed by atoms with Gasteiger partial charge < -0.3 is 20.1 Å². The molecule has 2 aliphatic heterocycles. The summed E-state index contributed by atoms with van der Waals surface area (Å²) in [5, 5.41) is 14.4. The number of fused-ring (bicyclic) bond motifs is 3. The van der Waals surface area contributed by atoms with Gasteiger partial charge in [-0.25, -0.2) is 0 Å². The van der Waals surface area contributed by atoms with Gasteiger partial charge in [0.05, 0.1) is 22.0 Å². The predicted molar refractivity (Wildman–Crippen MR) is 146 cm³/mol. The lowest BCUT2D eigenvalue weighted by molar-refractivity contribution is -0.136. The third-order valence-corrected chi connectivity index (χ3v) is 8.08. The number of rotatable bonds is 5. The quantitative estimate of drug-likeness (QED) is 0.466. The van der Waals surface area contributed by atoms with Gasteiger partial charge in [-0.05, 0) is 42.2 Å². The zero-order valence-corrected chi connectivity index (χ0v) is 22.7. The van der Waals surface area contributed by atoms with Crippen LogP contribution in [0.3, 0.4) is 0 Å². The molecule has 2 aliphatic rings. The lowest BCUT2D eigenvalue weighted by atomic mass is 9.80. The second-order valence-corrected chi connectivity index (χ2v) is 11.3. The van der Waals surface area contributed by atoms with Gasteiger partial charge in [-0.2, -0.15) is 5.26 Å². The molecule has 0 aliphatic carbocycles. The highest BCUT2D eigenvalue weighted by Gasteiger charge is 2.56. The number of likely N-dealkylation sites (tertiary alicyclic amines) is 1. The Morgan fingerprint density at radius 2 is 1.97 bits per heavy atom. The summed E-state index contributed by atoms with van der Waals surface area (Å²) in [5.41, 5.74) is 1.35. The van der Waals surface area contributed by atoms with Gasteiger partial charge in [0.15, 0.2) is 0 Å². The van der Waals surface area contributed by atoms with Crippen LogP contribution >= 0.6 is 23.2 Å². The van der Waals surface area contributed by atoms with E-state index >= 15 is 0 Å². The lowest BCUT2D eigenvalue weighted by Crippen LogP contribution is -2.52. The number of nitrogens with one attached hydrogen (secondary N) is 2. The molecule has 5 rings (SSSR count). The largest absolute Gasteiger partial charge is 0.349 e. The van der Waals surface area contributed by atoms with Crippen LogP contribution in [0.15, 0.2) is 42.5 Å². The fourth-order valence-electron chi connectivity index (χ4n) is 5.66. The Hall–Kier alpha value is -3.54. The Balaban J connectivity index is 1.46. The molecular formula is C28H27Cl2N5O3. The van der Waals surface area contributed by atoms with Crippen LogP contribution in [0.4, 0.5) is 5.69 Å². The molecule has 196 valence electrons. The Morgan fingerprint density at radius 1 is 1.24 bits per heavy atom. The van der Waals surface area contributed by atoms with Crippen LogP contribution in [0.25, 0.3) is 10.9 Å². The highest BCUT2D eigenvalue weighted by atomic mass is 35.5. The molecule has 2 aromatic carbocycles. The first-order valence-corrected chi connectivity index (χ1v) is 13.2. The number of hydrogen-bond donors (Lipinski definition) is 2. The van der Waals surface area contributed by atoms with Crippen LogP contribution in [0.2, 0.25) is 10.0 Å². The third kappa shape index (κ3) is 4.20. The molecule has 10 heteroatoms. The molecule has 2 N–H and O–H groups in total. The fourth-order valence-corrected chi connectivity index (χ4v) is 6.22. The van der Waals surface area contributed by atoms with Gasteiger partial charge in [-0.3, -0.25) is 14.4 Å². The molecule has 3 heterocycles.